The lowest BCUT2D eigenvalue weighted by Gasteiger charge is -2.56. The predicted octanol–water partition coefficient (Wildman–Crippen LogP) is 5.08. The highest BCUT2D eigenvalue weighted by atomic mass is 32.2. The number of allylic oxidation sites excluding steroid dienone is 1. The molecule has 1 amide bonds. The minimum Gasteiger partial charge on any atom is -0.464 e. The molecule has 4 bridgehead atoms. The lowest BCUT2D eigenvalue weighted by molar-refractivity contribution is -0.124. The Morgan fingerprint density at radius 1 is 1.30 bits per heavy atom. The van der Waals surface area contributed by atoms with Gasteiger partial charge in [-0.15, -0.1) is 17.9 Å². The number of aromatic nitrogens is 2. The van der Waals surface area contributed by atoms with Crippen LogP contribution in [0.1, 0.15) is 38.5 Å². The fourth-order valence-electron chi connectivity index (χ4n) is 6.74. The van der Waals surface area contributed by atoms with Crippen molar-refractivity contribution in [1.82, 2.24) is 14.9 Å². The zero-order valence-electron chi connectivity index (χ0n) is 18.4. The van der Waals surface area contributed by atoms with Crippen LogP contribution in [0.4, 0.5) is 0 Å². The van der Waals surface area contributed by atoms with Crippen LogP contribution in [0.3, 0.4) is 0 Å². The molecular weight excluding hydrogens is 454 g/mol. The van der Waals surface area contributed by atoms with Crippen LogP contribution < -0.4 is 10.9 Å². The first kappa shape index (κ1) is 21.2. The number of nitrogens with zero attached hydrogens (tertiary/aromatic N) is 2. The van der Waals surface area contributed by atoms with Gasteiger partial charge in [0.05, 0.1) is 17.4 Å². The molecule has 4 saturated carbocycles. The number of fused-ring (bicyclic) bond motifs is 1. The standard InChI is InChI=1S/C25H27N3O3S2/c1-2-5-28-23(30)21-18(19-4-3-6-31-19)13-32-22(21)26-24(28)33-14-20(29)27-25-10-15-7-16(11-25)9-17(8-15)12-25/h2-4,6,13,15-17H,1,5,7-12,14H2,(H,27,29). The van der Waals surface area contributed by atoms with E-state index in [1.54, 1.807) is 23.0 Å². The fraction of sp³-hybridized carbons (Fsp3) is 0.480. The van der Waals surface area contributed by atoms with E-state index in [-0.39, 0.29) is 22.8 Å². The average Bonchev–Trinajstić information content (AvgIpc) is 3.43. The summed E-state index contributed by atoms with van der Waals surface area (Å²) in [6, 6.07) is 3.65. The molecule has 0 aromatic carbocycles. The summed E-state index contributed by atoms with van der Waals surface area (Å²) >= 11 is 2.76. The summed E-state index contributed by atoms with van der Waals surface area (Å²) in [7, 11) is 0. The number of thioether (sulfide) groups is 1. The second kappa shape index (κ2) is 8.17. The molecule has 6 nitrogen and oxygen atoms in total. The molecule has 1 N–H and O–H groups in total. The molecule has 33 heavy (non-hydrogen) atoms. The van der Waals surface area contributed by atoms with E-state index in [2.05, 4.69) is 11.9 Å². The van der Waals surface area contributed by atoms with Crippen LogP contribution >= 0.6 is 23.1 Å². The highest BCUT2D eigenvalue weighted by Gasteiger charge is 2.51. The fourth-order valence-corrected chi connectivity index (χ4v) is 8.52. The van der Waals surface area contributed by atoms with Gasteiger partial charge < -0.3 is 9.73 Å². The number of furan rings is 1. The largest absolute Gasteiger partial charge is 0.464 e. The highest BCUT2D eigenvalue weighted by molar-refractivity contribution is 7.99. The monoisotopic (exact) mass is 481 g/mol. The first-order chi connectivity index (χ1) is 16.0. The van der Waals surface area contributed by atoms with Crippen molar-refractivity contribution in [2.45, 2.75) is 55.8 Å². The number of hydrogen-bond acceptors (Lipinski definition) is 6. The molecule has 4 aliphatic carbocycles. The van der Waals surface area contributed by atoms with Crippen molar-refractivity contribution in [1.29, 1.82) is 0 Å². The smallest absolute Gasteiger partial charge is 0.263 e. The van der Waals surface area contributed by atoms with E-state index in [0.717, 1.165) is 42.6 Å². The van der Waals surface area contributed by atoms with Crippen LogP contribution in [0.5, 0.6) is 0 Å². The summed E-state index contributed by atoms with van der Waals surface area (Å²) < 4.78 is 7.13. The van der Waals surface area contributed by atoms with Gasteiger partial charge >= 0.3 is 0 Å². The second-order valence-electron chi connectivity index (χ2n) is 9.94. The maximum Gasteiger partial charge on any atom is 0.263 e. The molecule has 0 aliphatic heterocycles. The Labute approximate surface area is 200 Å². The van der Waals surface area contributed by atoms with E-state index in [0.29, 0.717) is 27.7 Å². The lowest BCUT2D eigenvalue weighted by atomic mass is 9.53. The molecule has 0 spiro atoms. The summed E-state index contributed by atoms with van der Waals surface area (Å²) in [6.07, 6.45) is 10.7. The molecule has 3 aromatic rings. The van der Waals surface area contributed by atoms with Gasteiger partial charge in [-0.05, 0) is 68.4 Å². The van der Waals surface area contributed by atoms with Gasteiger partial charge in [0.25, 0.3) is 5.56 Å². The van der Waals surface area contributed by atoms with Crippen LogP contribution in [0.2, 0.25) is 0 Å². The Kier molecular flexibility index (Phi) is 5.25. The minimum absolute atomic E-state index is 0.00372. The third-order valence-corrected chi connectivity index (χ3v) is 9.38. The van der Waals surface area contributed by atoms with E-state index in [1.807, 2.05) is 11.4 Å². The van der Waals surface area contributed by atoms with Crippen molar-refractivity contribution in [2.24, 2.45) is 17.8 Å². The highest BCUT2D eigenvalue weighted by Crippen LogP contribution is 2.55. The molecule has 3 heterocycles. The van der Waals surface area contributed by atoms with E-state index in [4.69, 9.17) is 9.40 Å². The Hall–Kier alpha value is -2.32. The van der Waals surface area contributed by atoms with Crippen molar-refractivity contribution in [3.8, 4) is 11.3 Å². The molecule has 0 unspecified atom stereocenters. The lowest BCUT2D eigenvalue weighted by Crippen LogP contribution is -2.60. The summed E-state index contributed by atoms with van der Waals surface area (Å²) in [5.41, 5.74) is 0.624. The van der Waals surface area contributed by atoms with Gasteiger partial charge in [-0.25, -0.2) is 4.98 Å². The molecule has 0 atom stereocenters. The number of amides is 1. The van der Waals surface area contributed by atoms with Crippen molar-refractivity contribution in [3.05, 3.63) is 46.8 Å². The van der Waals surface area contributed by atoms with E-state index in [9.17, 15) is 9.59 Å². The maximum atomic E-state index is 13.4. The molecule has 3 aromatic heterocycles. The van der Waals surface area contributed by atoms with E-state index >= 15 is 0 Å². The maximum absolute atomic E-state index is 13.4. The molecule has 0 saturated heterocycles. The topological polar surface area (TPSA) is 77.1 Å². The molecule has 8 heteroatoms. The normalized spacial score (nSPS) is 27.8. The zero-order valence-corrected chi connectivity index (χ0v) is 20.1. The van der Waals surface area contributed by atoms with Crippen LogP contribution in [0, 0.1) is 17.8 Å². The molecule has 7 rings (SSSR count). The molecule has 172 valence electrons. The van der Waals surface area contributed by atoms with Crippen LogP contribution in [-0.4, -0.2) is 26.8 Å². The van der Waals surface area contributed by atoms with Crippen LogP contribution in [-0.2, 0) is 11.3 Å². The van der Waals surface area contributed by atoms with Crippen molar-refractivity contribution >= 4 is 39.2 Å². The van der Waals surface area contributed by atoms with Crippen molar-refractivity contribution < 1.29 is 9.21 Å². The first-order valence-corrected chi connectivity index (χ1v) is 13.5. The number of hydrogen-bond donors (Lipinski definition) is 1. The summed E-state index contributed by atoms with van der Waals surface area (Å²) in [4.78, 5) is 31.8. The SMILES string of the molecule is C=CCn1c(SCC(=O)NC23CC4CC(CC(C4)C2)C3)nc2scc(-c3ccco3)c2c1=O. The molecule has 4 fully saturated rings. The van der Waals surface area contributed by atoms with Gasteiger partial charge in [0.15, 0.2) is 5.16 Å². The third-order valence-electron chi connectivity index (χ3n) is 7.53. The average molecular weight is 482 g/mol. The minimum atomic E-state index is -0.128. The summed E-state index contributed by atoms with van der Waals surface area (Å²) in [5.74, 6) is 3.31. The van der Waals surface area contributed by atoms with Gasteiger partial charge in [-0.3, -0.25) is 14.2 Å². The van der Waals surface area contributed by atoms with Crippen LogP contribution in [0.15, 0.2) is 50.8 Å². The first-order valence-electron chi connectivity index (χ1n) is 11.6. The van der Waals surface area contributed by atoms with Crippen LogP contribution in [0.25, 0.3) is 21.5 Å². The number of rotatable bonds is 7. The molecular formula is C25H27N3O3S2. The Morgan fingerprint density at radius 3 is 2.67 bits per heavy atom. The van der Waals surface area contributed by atoms with Crippen molar-refractivity contribution in [3.63, 3.8) is 0 Å². The zero-order chi connectivity index (χ0) is 22.6. The molecule has 4 aliphatic rings. The third kappa shape index (κ3) is 3.77. The Bertz CT molecular complexity index is 1240. The number of carbonyl (C=O) groups excluding carboxylic acids is 1. The Balaban J connectivity index is 1.23. The molecule has 0 radical (unpaired) electrons. The van der Waals surface area contributed by atoms with Gasteiger partial charge in [-0.2, -0.15) is 0 Å². The number of carbonyl (C=O) groups is 1. The summed E-state index contributed by atoms with van der Waals surface area (Å²) in [6.45, 7) is 4.15. The van der Waals surface area contributed by atoms with Gasteiger partial charge in [-0.1, -0.05) is 17.8 Å². The van der Waals surface area contributed by atoms with E-state index < -0.39 is 0 Å². The Morgan fingerprint density at radius 2 is 2.03 bits per heavy atom. The van der Waals surface area contributed by atoms with Gasteiger partial charge in [0.2, 0.25) is 5.91 Å². The van der Waals surface area contributed by atoms with Gasteiger partial charge in [0, 0.05) is 23.0 Å². The van der Waals surface area contributed by atoms with Gasteiger partial charge in [0.1, 0.15) is 10.6 Å². The number of thiophene rings is 1. The number of nitrogens with one attached hydrogen (secondary N) is 1. The van der Waals surface area contributed by atoms with E-state index in [1.165, 1.54) is 42.4 Å². The quantitative estimate of drug-likeness (QED) is 0.289. The van der Waals surface area contributed by atoms with Crippen molar-refractivity contribution in [2.75, 3.05) is 5.75 Å². The summed E-state index contributed by atoms with van der Waals surface area (Å²) in [5, 5.41) is 6.43. The second-order valence-corrected chi connectivity index (χ2v) is 11.7. The predicted molar refractivity (Wildman–Crippen MR) is 132 cm³/mol.